The van der Waals surface area contributed by atoms with Gasteiger partial charge in [-0.15, -0.1) is 0 Å². The van der Waals surface area contributed by atoms with Gasteiger partial charge in [0.25, 0.3) is 0 Å². The van der Waals surface area contributed by atoms with E-state index in [1.54, 1.807) is 0 Å². The van der Waals surface area contributed by atoms with Crippen LogP contribution in [0.25, 0.3) is 0 Å². The van der Waals surface area contributed by atoms with E-state index in [0.717, 1.165) is 76.8 Å². The lowest BCUT2D eigenvalue weighted by molar-refractivity contribution is -0.142. The molecule has 1 amide bonds. The molecule has 1 aromatic rings. The second-order valence-electron chi connectivity index (χ2n) is 9.93. The number of likely N-dealkylation sites (tertiary alicyclic amines) is 1. The molecule has 0 aliphatic carbocycles. The van der Waals surface area contributed by atoms with Crippen LogP contribution in [-0.4, -0.2) is 70.0 Å². The molecule has 0 spiro atoms. The summed E-state index contributed by atoms with van der Waals surface area (Å²) in [7, 11) is 0. The van der Waals surface area contributed by atoms with Crippen LogP contribution in [0.4, 0.5) is 5.82 Å². The first kappa shape index (κ1) is 20.7. The van der Waals surface area contributed by atoms with Gasteiger partial charge in [0.05, 0.1) is 6.54 Å². The third-order valence-electron chi connectivity index (χ3n) is 7.93. The maximum absolute atomic E-state index is 13.2. The molecule has 7 heteroatoms. The molecule has 2 N–H and O–H groups in total. The van der Waals surface area contributed by atoms with Crippen molar-refractivity contribution < 1.29 is 14.7 Å². The van der Waals surface area contributed by atoms with Crippen molar-refractivity contribution in [3.05, 3.63) is 23.4 Å². The number of nitrogens with zero attached hydrogens (tertiary/aromatic N) is 3. The second kappa shape index (κ2) is 8.77. The van der Waals surface area contributed by atoms with Gasteiger partial charge in [-0.1, -0.05) is 6.07 Å². The SMILES string of the molecule is O=C(O)CN1[C@@H]2CC[C@H]1C[C@H](C(=O)N1CCC(Cc3ccc4c(n3)NCCC4)CC1)C2. The third kappa shape index (κ3) is 4.43. The van der Waals surface area contributed by atoms with Gasteiger partial charge in [0.2, 0.25) is 5.91 Å². The van der Waals surface area contributed by atoms with E-state index in [0.29, 0.717) is 11.8 Å². The highest BCUT2D eigenvalue weighted by atomic mass is 16.4. The fourth-order valence-corrected chi connectivity index (χ4v) is 6.28. The maximum Gasteiger partial charge on any atom is 0.317 e. The Hall–Kier alpha value is -2.15. The van der Waals surface area contributed by atoms with Crippen molar-refractivity contribution in [1.82, 2.24) is 14.8 Å². The lowest BCUT2D eigenvalue weighted by atomic mass is 9.87. The Bertz CT molecular complexity index is 822. The average Bonchev–Trinajstić information content (AvgIpc) is 3.00. The highest BCUT2D eigenvalue weighted by Gasteiger charge is 2.44. The molecule has 4 aliphatic rings. The quantitative estimate of drug-likeness (QED) is 0.753. The number of hydrogen-bond donors (Lipinski definition) is 2. The van der Waals surface area contributed by atoms with Crippen LogP contribution in [-0.2, 0) is 22.4 Å². The van der Waals surface area contributed by atoms with Gasteiger partial charge in [0, 0.05) is 43.3 Å². The highest BCUT2D eigenvalue weighted by molar-refractivity contribution is 5.79. The van der Waals surface area contributed by atoms with Gasteiger partial charge in [-0.2, -0.15) is 0 Å². The number of carboxylic acid groups (broad SMARTS) is 1. The molecule has 0 radical (unpaired) electrons. The topological polar surface area (TPSA) is 85.8 Å². The van der Waals surface area contributed by atoms with Crippen molar-refractivity contribution in [2.75, 3.05) is 31.5 Å². The number of hydrogen-bond acceptors (Lipinski definition) is 5. The van der Waals surface area contributed by atoms with Crippen LogP contribution >= 0.6 is 0 Å². The Labute approximate surface area is 184 Å². The van der Waals surface area contributed by atoms with Crippen molar-refractivity contribution >= 4 is 17.7 Å². The van der Waals surface area contributed by atoms with Crippen LogP contribution in [0.15, 0.2) is 12.1 Å². The smallest absolute Gasteiger partial charge is 0.317 e. The number of aryl methyl sites for hydroxylation is 1. The van der Waals surface area contributed by atoms with Crippen LogP contribution < -0.4 is 5.32 Å². The number of nitrogens with one attached hydrogen (secondary N) is 1. The number of aliphatic carboxylic acids is 1. The molecule has 31 heavy (non-hydrogen) atoms. The molecule has 0 saturated carbocycles. The molecule has 0 aromatic carbocycles. The number of fused-ring (bicyclic) bond motifs is 3. The predicted molar refractivity (Wildman–Crippen MR) is 118 cm³/mol. The molecule has 168 valence electrons. The monoisotopic (exact) mass is 426 g/mol. The van der Waals surface area contributed by atoms with E-state index >= 15 is 0 Å². The van der Waals surface area contributed by atoms with Crippen molar-refractivity contribution in [1.29, 1.82) is 0 Å². The normalized spacial score (nSPS) is 28.8. The number of rotatable bonds is 5. The number of carbonyl (C=O) groups is 2. The Morgan fingerprint density at radius 3 is 2.55 bits per heavy atom. The minimum Gasteiger partial charge on any atom is -0.480 e. The van der Waals surface area contributed by atoms with Gasteiger partial charge in [-0.05, 0) is 75.3 Å². The van der Waals surface area contributed by atoms with Crippen molar-refractivity contribution in [3.63, 3.8) is 0 Å². The molecule has 3 fully saturated rings. The summed E-state index contributed by atoms with van der Waals surface area (Å²) >= 11 is 0. The van der Waals surface area contributed by atoms with E-state index < -0.39 is 5.97 Å². The first-order chi connectivity index (χ1) is 15.1. The van der Waals surface area contributed by atoms with Crippen LogP contribution in [0.1, 0.15) is 56.2 Å². The lowest BCUT2D eigenvalue weighted by Gasteiger charge is -2.40. The molecule has 3 atom stereocenters. The van der Waals surface area contributed by atoms with Crippen LogP contribution in [0.3, 0.4) is 0 Å². The number of amides is 1. The number of carbonyl (C=O) groups excluding carboxylic acids is 1. The molecule has 5 heterocycles. The number of pyridine rings is 1. The van der Waals surface area contributed by atoms with Crippen molar-refractivity contribution in [2.24, 2.45) is 11.8 Å². The summed E-state index contributed by atoms with van der Waals surface area (Å²) in [5.41, 5.74) is 2.50. The fraction of sp³-hybridized carbons (Fsp3) is 0.708. The molecule has 1 aromatic heterocycles. The molecule has 7 nitrogen and oxygen atoms in total. The molecular weight excluding hydrogens is 392 g/mol. The summed E-state index contributed by atoms with van der Waals surface area (Å²) in [5.74, 6) is 1.29. The molecule has 2 bridgehead atoms. The molecule has 5 rings (SSSR count). The molecule has 4 aliphatic heterocycles. The van der Waals surface area contributed by atoms with Crippen LogP contribution in [0, 0.1) is 11.8 Å². The molecular formula is C24H34N4O3. The van der Waals surface area contributed by atoms with E-state index in [1.807, 2.05) is 0 Å². The summed E-state index contributed by atoms with van der Waals surface area (Å²) in [4.78, 5) is 33.4. The first-order valence-corrected chi connectivity index (χ1v) is 12.1. The number of piperidine rings is 2. The zero-order valence-electron chi connectivity index (χ0n) is 18.3. The summed E-state index contributed by atoms with van der Waals surface area (Å²) in [6.45, 7) is 2.82. The number of aromatic nitrogens is 1. The van der Waals surface area contributed by atoms with Gasteiger partial charge in [-0.25, -0.2) is 4.98 Å². The largest absolute Gasteiger partial charge is 0.480 e. The Balaban J connectivity index is 1.12. The van der Waals surface area contributed by atoms with Gasteiger partial charge >= 0.3 is 5.97 Å². The van der Waals surface area contributed by atoms with E-state index in [-0.39, 0.29) is 24.5 Å². The Morgan fingerprint density at radius 2 is 1.84 bits per heavy atom. The van der Waals surface area contributed by atoms with Gasteiger partial charge in [0.1, 0.15) is 5.82 Å². The van der Waals surface area contributed by atoms with Crippen LogP contribution in [0.2, 0.25) is 0 Å². The lowest BCUT2D eigenvalue weighted by Crippen LogP contribution is -2.50. The van der Waals surface area contributed by atoms with Crippen molar-refractivity contribution in [2.45, 2.75) is 69.9 Å². The summed E-state index contributed by atoms with van der Waals surface area (Å²) in [5, 5.41) is 12.6. The summed E-state index contributed by atoms with van der Waals surface area (Å²) in [6.07, 6.45) is 9.11. The standard InChI is InChI=1S/C24H34N4O3/c29-22(30)15-28-20-5-6-21(28)14-18(13-20)24(31)27-10-7-16(8-11-27)12-19-4-3-17-2-1-9-25-23(17)26-19/h3-4,16,18,20-21H,1-2,5-15H2,(H,25,26)(H,29,30)/t18-,20-,21+. The minimum absolute atomic E-state index is 0.0764. The predicted octanol–water partition coefficient (Wildman–Crippen LogP) is 2.55. The summed E-state index contributed by atoms with van der Waals surface area (Å²) in [6, 6.07) is 4.95. The maximum atomic E-state index is 13.2. The first-order valence-electron chi connectivity index (χ1n) is 12.1. The number of carboxylic acids is 1. The Morgan fingerprint density at radius 1 is 1.10 bits per heavy atom. The zero-order valence-corrected chi connectivity index (χ0v) is 18.3. The fourth-order valence-electron chi connectivity index (χ4n) is 6.28. The third-order valence-corrected chi connectivity index (χ3v) is 7.93. The van der Waals surface area contributed by atoms with Gasteiger partial charge in [-0.3, -0.25) is 14.5 Å². The zero-order chi connectivity index (χ0) is 21.4. The van der Waals surface area contributed by atoms with Crippen LogP contribution in [0.5, 0.6) is 0 Å². The number of anilines is 1. The highest BCUT2D eigenvalue weighted by Crippen LogP contribution is 2.39. The summed E-state index contributed by atoms with van der Waals surface area (Å²) < 4.78 is 0. The molecule has 0 unspecified atom stereocenters. The minimum atomic E-state index is -0.757. The average molecular weight is 427 g/mol. The van der Waals surface area contributed by atoms with E-state index in [2.05, 4.69) is 27.2 Å². The van der Waals surface area contributed by atoms with E-state index in [9.17, 15) is 14.7 Å². The second-order valence-corrected chi connectivity index (χ2v) is 9.93. The molecule has 3 saturated heterocycles. The van der Waals surface area contributed by atoms with Gasteiger partial charge in [0.15, 0.2) is 0 Å². The Kier molecular flexibility index (Phi) is 5.87. The van der Waals surface area contributed by atoms with Gasteiger partial charge < -0.3 is 15.3 Å². The van der Waals surface area contributed by atoms with E-state index in [1.165, 1.54) is 17.7 Å². The van der Waals surface area contributed by atoms with E-state index in [4.69, 9.17) is 4.98 Å². The van der Waals surface area contributed by atoms with Crippen molar-refractivity contribution in [3.8, 4) is 0 Å².